The van der Waals surface area contributed by atoms with Gasteiger partial charge in [0.15, 0.2) is 16.3 Å². The third-order valence-corrected chi connectivity index (χ3v) is 7.89. The van der Waals surface area contributed by atoms with E-state index >= 15 is 0 Å². The lowest BCUT2D eigenvalue weighted by molar-refractivity contribution is -0.385. The van der Waals surface area contributed by atoms with Crippen molar-refractivity contribution in [1.29, 1.82) is 0 Å². The molecule has 216 valence electrons. The second-order valence-corrected chi connectivity index (χ2v) is 10.3. The van der Waals surface area contributed by atoms with Crippen LogP contribution in [0, 0.1) is 17.0 Å². The summed E-state index contributed by atoms with van der Waals surface area (Å²) in [5.74, 6) is 1.18. The lowest BCUT2D eigenvalue weighted by Gasteiger charge is -2.25. The van der Waals surface area contributed by atoms with Gasteiger partial charge in [-0.25, -0.2) is 9.79 Å². The van der Waals surface area contributed by atoms with Crippen molar-refractivity contribution in [2.75, 3.05) is 20.8 Å². The number of benzene rings is 2. The van der Waals surface area contributed by atoms with Crippen LogP contribution in [0.15, 0.2) is 74.0 Å². The number of nitro groups is 1. The lowest BCUT2D eigenvalue weighted by atomic mass is 9.95. The maximum absolute atomic E-state index is 13.9. The number of furan rings is 1. The first kappa shape index (κ1) is 28.6. The Morgan fingerprint density at radius 1 is 1.14 bits per heavy atom. The number of hydrogen-bond donors (Lipinski definition) is 0. The Morgan fingerprint density at radius 2 is 1.90 bits per heavy atom. The van der Waals surface area contributed by atoms with E-state index in [1.54, 1.807) is 69.3 Å². The quantitative estimate of drug-likeness (QED) is 0.169. The summed E-state index contributed by atoms with van der Waals surface area (Å²) in [5, 5.41) is 11.4. The highest BCUT2D eigenvalue weighted by molar-refractivity contribution is 7.07. The molecule has 0 aliphatic carbocycles. The normalized spacial score (nSPS) is 14.8. The van der Waals surface area contributed by atoms with Crippen LogP contribution in [-0.2, 0) is 9.53 Å². The van der Waals surface area contributed by atoms with Gasteiger partial charge in [0.05, 0.1) is 47.6 Å². The van der Waals surface area contributed by atoms with Gasteiger partial charge in [-0.2, -0.15) is 0 Å². The number of allylic oxidation sites excluding steroid dienone is 1. The minimum absolute atomic E-state index is 0.0123. The molecule has 2 aromatic heterocycles. The highest BCUT2D eigenvalue weighted by Crippen LogP contribution is 2.36. The van der Waals surface area contributed by atoms with Crippen molar-refractivity contribution in [2.24, 2.45) is 4.99 Å². The molecular weight excluding hydrogens is 562 g/mol. The van der Waals surface area contributed by atoms with Gasteiger partial charge in [0.1, 0.15) is 11.5 Å². The minimum Gasteiger partial charge on any atom is -0.493 e. The zero-order chi connectivity index (χ0) is 30.1. The summed E-state index contributed by atoms with van der Waals surface area (Å²) >= 11 is 1.15. The van der Waals surface area contributed by atoms with E-state index < -0.39 is 16.9 Å². The fourth-order valence-electron chi connectivity index (χ4n) is 4.92. The number of fused-ring (bicyclic) bond motifs is 1. The largest absolute Gasteiger partial charge is 0.493 e. The smallest absolute Gasteiger partial charge is 0.338 e. The van der Waals surface area contributed by atoms with E-state index in [9.17, 15) is 19.7 Å². The van der Waals surface area contributed by atoms with Crippen molar-refractivity contribution in [3.8, 4) is 22.8 Å². The Kier molecular flexibility index (Phi) is 7.81. The molecule has 1 aliphatic heterocycles. The number of hydrogen-bond acceptors (Lipinski definition) is 10. The van der Waals surface area contributed by atoms with Crippen LogP contribution >= 0.6 is 11.3 Å². The monoisotopic (exact) mass is 589 g/mol. The predicted octanol–water partition coefficient (Wildman–Crippen LogP) is 4.29. The topological polar surface area (TPSA) is 135 Å². The molecule has 0 N–H and O–H groups in total. The fourth-order valence-corrected chi connectivity index (χ4v) is 5.95. The number of methoxy groups -OCH3 is 2. The molecule has 0 radical (unpaired) electrons. The fraction of sp³-hybridized carbons (Fsp3) is 0.233. The molecule has 0 saturated carbocycles. The average molecular weight is 590 g/mol. The van der Waals surface area contributed by atoms with Gasteiger partial charge in [-0.15, -0.1) is 0 Å². The van der Waals surface area contributed by atoms with E-state index in [2.05, 4.69) is 4.99 Å². The number of thiazole rings is 1. The molecule has 1 atom stereocenters. The van der Waals surface area contributed by atoms with Crippen LogP contribution in [0.2, 0.25) is 0 Å². The van der Waals surface area contributed by atoms with E-state index in [-0.39, 0.29) is 23.4 Å². The summed E-state index contributed by atoms with van der Waals surface area (Å²) in [6.45, 7) is 5.23. The van der Waals surface area contributed by atoms with Gasteiger partial charge >= 0.3 is 5.97 Å². The first-order chi connectivity index (χ1) is 20.2. The van der Waals surface area contributed by atoms with Gasteiger partial charge < -0.3 is 18.6 Å². The van der Waals surface area contributed by atoms with Gasteiger partial charge in [-0.3, -0.25) is 19.5 Å². The van der Waals surface area contributed by atoms with E-state index in [4.69, 9.17) is 18.6 Å². The molecule has 0 bridgehead atoms. The summed E-state index contributed by atoms with van der Waals surface area (Å²) in [6, 6.07) is 12.5. The maximum atomic E-state index is 13.9. The molecule has 5 rings (SSSR count). The predicted molar refractivity (Wildman–Crippen MR) is 155 cm³/mol. The molecule has 2 aromatic carbocycles. The zero-order valence-corrected chi connectivity index (χ0v) is 24.3. The standard InChI is InChI=1S/C30H27N3O8S/c1-6-40-29(35)26-17(3)31-30-32(27(26)18-10-12-23(38-4)24(14-18)39-5)28(34)25(42-30)15-19-11-13-22(41-19)20-8-7-9-21(16(20)2)33(36)37/h7-15,27H,6H2,1-5H3/b25-15-/t27-/m0/s1. The van der Waals surface area contributed by atoms with Crippen molar-refractivity contribution < 1.29 is 28.3 Å². The molecule has 0 saturated heterocycles. The molecule has 0 spiro atoms. The number of ether oxygens (including phenoxy) is 3. The third kappa shape index (κ3) is 5.00. The van der Waals surface area contributed by atoms with Gasteiger partial charge in [0, 0.05) is 23.3 Å². The van der Waals surface area contributed by atoms with E-state index in [1.165, 1.54) is 24.9 Å². The van der Waals surface area contributed by atoms with Gasteiger partial charge in [-0.05, 0) is 50.6 Å². The second kappa shape index (κ2) is 11.5. The summed E-state index contributed by atoms with van der Waals surface area (Å²) in [4.78, 5) is 43.0. The first-order valence-corrected chi connectivity index (χ1v) is 13.8. The van der Waals surface area contributed by atoms with Crippen molar-refractivity contribution in [3.63, 3.8) is 0 Å². The SMILES string of the molecule is CCOC(=O)C1=C(C)N=c2s/c(=C\c3ccc(-c4cccc([N+](=O)[O-])c4C)o3)c(=O)n2[C@H]1c1ccc(OC)c(OC)c1. The molecule has 3 heterocycles. The number of carbonyl (C=O) groups excluding carboxylic acids is 1. The summed E-state index contributed by atoms with van der Waals surface area (Å²) in [5.41, 5.74) is 1.94. The van der Waals surface area contributed by atoms with Crippen molar-refractivity contribution >= 4 is 29.1 Å². The number of carbonyl (C=O) groups is 1. The highest BCUT2D eigenvalue weighted by Gasteiger charge is 2.34. The van der Waals surface area contributed by atoms with Crippen LogP contribution < -0.4 is 24.4 Å². The zero-order valence-electron chi connectivity index (χ0n) is 23.5. The number of aromatic nitrogens is 1. The van der Waals surface area contributed by atoms with Crippen LogP contribution in [0.25, 0.3) is 17.4 Å². The second-order valence-electron chi connectivity index (χ2n) is 9.33. The molecule has 0 fully saturated rings. The van der Waals surface area contributed by atoms with E-state index in [0.717, 1.165) is 11.3 Å². The van der Waals surface area contributed by atoms with Crippen LogP contribution in [0.4, 0.5) is 5.69 Å². The van der Waals surface area contributed by atoms with Crippen molar-refractivity contribution in [1.82, 2.24) is 4.57 Å². The number of esters is 1. The molecule has 4 aromatic rings. The Hall–Kier alpha value is -4.97. The van der Waals surface area contributed by atoms with Crippen molar-refractivity contribution in [3.05, 3.63) is 106 Å². The molecule has 0 unspecified atom stereocenters. The van der Waals surface area contributed by atoms with Gasteiger partial charge in [-0.1, -0.05) is 29.5 Å². The molecule has 12 heteroatoms. The Morgan fingerprint density at radius 3 is 2.60 bits per heavy atom. The van der Waals surface area contributed by atoms with Crippen LogP contribution in [0.3, 0.4) is 0 Å². The van der Waals surface area contributed by atoms with Crippen LogP contribution in [0.1, 0.15) is 36.8 Å². The highest BCUT2D eigenvalue weighted by atomic mass is 32.1. The number of nitrogens with zero attached hydrogens (tertiary/aromatic N) is 3. The number of nitro benzene ring substituents is 1. The first-order valence-electron chi connectivity index (χ1n) is 12.9. The van der Waals surface area contributed by atoms with Crippen molar-refractivity contribution in [2.45, 2.75) is 26.8 Å². The Labute approximate surface area is 243 Å². The van der Waals surface area contributed by atoms with Gasteiger partial charge in [0.2, 0.25) is 0 Å². The van der Waals surface area contributed by atoms with Gasteiger partial charge in [0.25, 0.3) is 11.2 Å². The lowest BCUT2D eigenvalue weighted by Crippen LogP contribution is -2.39. The maximum Gasteiger partial charge on any atom is 0.338 e. The third-order valence-electron chi connectivity index (χ3n) is 6.91. The van der Waals surface area contributed by atoms with E-state index in [0.29, 0.717) is 54.7 Å². The average Bonchev–Trinajstić information content (AvgIpc) is 3.55. The van der Waals surface area contributed by atoms with E-state index in [1.807, 2.05) is 0 Å². The number of rotatable bonds is 8. The molecule has 11 nitrogen and oxygen atoms in total. The molecular formula is C30H27N3O8S. The Bertz CT molecular complexity index is 1930. The van der Waals surface area contributed by atoms with Crippen LogP contribution in [-0.4, -0.2) is 36.3 Å². The molecule has 1 aliphatic rings. The summed E-state index contributed by atoms with van der Waals surface area (Å²) < 4.78 is 24.0. The minimum atomic E-state index is -0.832. The summed E-state index contributed by atoms with van der Waals surface area (Å²) in [7, 11) is 3.03. The molecule has 42 heavy (non-hydrogen) atoms. The molecule has 0 amide bonds. The Balaban J connectivity index is 1.65. The van der Waals surface area contributed by atoms with Crippen LogP contribution in [0.5, 0.6) is 11.5 Å². The summed E-state index contributed by atoms with van der Waals surface area (Å²) in [6.07, 6.45) is 1.59.